The van der Waals surface area contributed by atoms with Gasteiger partial charge < -0.3 is 34.4 Å². The molecule has 2 N–H and O–H groups in total. The van der Waals surface area contributed by atoms with Crippen molar-refractivity contribution >= 4 is 124 Å². The number of sulfonamides is 3. The molecule has 3 unspecified atom stereocenters. The quantitative estimate of drug-likeness (QED) is 0.109. The Kier molecular flexibility index (Phi) is 24.0. The number of aliphatic imine (C=N–C) groups is 1. The largest absolute Gasteiger partial charge is 0.444 e. The number of halogens is 4. The highest BCUT2D eigenvalue weighted by Crippen LogP contribution is 2.36. The zero-order valence-electron chi connectivity index (χ0n) is 58.2. The van der Waals surface area contributed by atoms with E-state index in [1.54, 1.807) is 52.2 Å². The molecule has 6 aliphatic heterocycles. The fourth-order valence-corrected chi connectivity index (χ4v) is 14.3. The van der Waals surface area contributed by atoms with Crippen molar-refractivity contribution in [3.8, 4) is 0 Å². The second-order valence-corrected chi connectivity index (χ2v) is 34.0. The minimum absolute atomic E-state index is 0.0542. The van der Waals surface area contributed by atoms with E-state index in [-0.39, 0.29) is 104 Å². The van der Waals surface area contributed by atoms with Crippen LogP contribution in [0.4, 0.5) is 51.6 Å². The molecular weight excluding hydrogens is 1430 g/mol. The Morgan fingerprint density at radius 1 is 0.584 bits per heavy atom. The minimum atomic E-state index is -3.44. The molecule has 32 nitrogen and oxygen atoms in total. The number of benzene rings is 2. The molecule has 0 radical (unpaired) electrons. The first-order valence-corrected chi connectivity index (χ1v) is 38.1. The van der Waals surface area contributed by atoms with Gasteiger partial charge in [-0.2, -0.15) is 28.9 Å². The number of hydrogen-bond acceptors (Lipinski definition) is 19. The number of carbonyl (C=O) groups is 6. The SMILES string of the molecule is C[C@H]1Cn2ncc(N3CC(N(C)S(C)(=O)=O)CC3=O)c2CN1C(=O)Nc1ccc(F)c(Cl)c1.C[C@H]1Cn2ncc(N3CC(N(C)S(C)(=O)=O)CC3=O)c2CN1C(=O)OC(C)(C)C.C[C@H]1Cn2ncc(N3CC(NS(C)(=O)=O)CC3=O)c2CN1C(=O)OC(C)(C)C.O=C=Nc1ccc(F)c(Cl)c1. The number of rotatable bonds is 11. The van der Waals surface area contributed by atoms with Crippen LogP contribution in [0.2, 0.25) is 10.0 Å². The maximum absolute atomic E-state index is 13.4. The van der Waals surface area contributed by atoms with Gasteiger partial charge in [0.2, 0.25) is 53.9 Å². The fraction of sp³-hybridized carbons (Fsp3) is 0.548. The van der Waals surface area contributed by atoms with Gasteiger partial charge in [-0.1, -0.05) is 23.2 Å². The molecule has 39 heteroatoms. The van der Waals surface area contributed by atoms with Crippen LogP contribution in [0, 0.1) is 11.6 Å². The molecule has 9 heterocycles. The molecule has 552 valence electrons. The first-order valence-electron chi connectivity index (χ1n) is 31.7. The molecular formula is C62H83Cl2F2N17O15S3. The summed E-state index contributed by atoms with van der Waals surface area (Å²) in [4.78, 5) is 98.4. The van der Waals surface area contributed by atoms with Crippen LogP contribution in [0.1, 0.15) is 98.7 Å². The Bertz CT molecular complexity index is 4410. The topological polar surface area (TPSA) is 356 Å². The minimum Gasteiger partial charge on any atom is -0.444 e. The van der Waals surface area contributed by atoms with E-state index in [1.165, 1.54) is 68.9 Å². The van der Waals surface area contributed by atoms with Crippen LogP contribution in [-0.2, 0) is 98.0 Å². The number of amides is 7. The van der Waals surface area contributed by atoms with E-state index >= 15 is 0 Å². The Labute approximate surface area is 594 Å². The predicted octanol–water partition coefficient (Wildman–Crippen LogP) is 6.25. The van der Waals surface area contributed by atoms with Crippen LogP contribution in [0.15, 0.2) is 60.0 Å². The number of anilines is 4. The Morgan fingerprint density at radius 2 is 0.960 bits per heavy atom. The Morgan fingerprint density at radius 3 is 1.34 bits per heavy atom. The average molecular weight is 1510 g/mol. The van der Waals surface area contributed by atoms with Crippen molar-refractivity contribution in [3.63, 3.8) is 0 Å². The number of hydrogen-bond donors (Lipinski definition) is 2. The van der Waals surface area contributed by atoms with Gasteiger partial charge in [-0.3, -0.25) is 38.2 Å². The maximum atomic E-state index is 13.4. The first-order chi connectivity index (χ1) is 46.8. The van der Waals surface area contributed by atoms with Crippen molar-refractivity contribution < 1.29 is 77.1 Å². The van der Waals surface area contributed by atoms with Crippen LogP contribution >= 0.6 is 23.2 Å². The summed E-state index contributed by atoms with van der Waals surface area (Å²) in [6.45, 7) is 19.4. The van der Waals surface area contributed by atoms with E-state index in [9.17, 15) is 67.6 Å². The maximum Gasteiger partial charge on any atom is 0.410 e. The molecule has 2 aromatic carbocycles. The highest BCUT2D eigenvalue weighted by atomic mass is 35.5. The number of nitrogens with one attached hydrogen (secondary N) is 2. The molecule has 3 aromatic heterocycles. The molecule has 0 bridgehead atoms. The zero-order valence-corrected chi connectivity index (χ0v) is 62.2. The third kappa shape index (κ3) is 19.5. The van der Waals surface area contributed by atoms with E-state index in [0.717, 1.165) is 36.2 Å². The summed E-state index contributed by atoms with van der Waals surface area (Å²) in [6, 6.07) is 5.46. The molecule has 101 heavy (non-hydrogen) atoms. The lowest BCUT2D eigenvalue weighted by molar-refractivity contribution is -0.118. The van der Waals surface area contributed by atoms with Crippen LogP contribution in [-0.4, -0.2) is 220 Å². The number of urea groups is 1. The van der Waals surface area contributed by atoms with E-state index < -0.39 is 89.2 Å². The van der Waals surface area contributed by atoms with Crippen LogP contribution in [0.25, 0.3) is 0 Å². The summed E-state index contributed by atoms with van der Waals surface area (Å²) < 4.78 is 118. The monoisotopic (exact) mass is 1510 g/mol. The van der Waals surface area contributed by atoms with Gasteiger partial charge in [0.1, 0.15) is 22.8 Å². The number of aromatic nitrogens is 6. The lowest BCUT2D eigenvalue weighted by Crippen LogP contribution is -2.47. The van der Waals surface area contributed by atoms with Crippen molar-refractivity contribution in [3.05, 3.63) is 93.8 Å². The molecule has 0 aliphatic carbocycles. The molecule has 7 amide bonds. The van der Waals surface area contributed by atoms with Crippen molar-refractivity contribution in [2.24, 2.45) is 4.99 Å². The third-order valence-electron chi connectivity index (χ3n) is 17.1. The molecule has 0 spiro atoms. The predicted molar refractivity (Wildman–Crippen MR) is 369 cm³/mol. The Hall–Kier alpha value is -8.16. The number of isocyanates is 1. The van der Waals surface area contributed by atoms with Gasteiger partial charge in [0.05, 0.1) is 157 Å². The summed E-state index contributed by atoms with van der Waals surface area (Å²) in [5.41, 5.74) is 3.37. The van der Waals surface area contributed by atoms with Crippen molar-refractivity contribution in [2.45, 2.75) is 168 Å². The summed E-state index contributed by atoms with van der Waals surface area (Å²) in [5, 5.41) is 15.7. The van der Waals surface area contributed by atoms with E-state index in [4.69, 9.17) is 32.7 Å². The smallest absolute Gasteiger partial charge is 0.410 e. The van der Waals surface area contributed by atoms with Crippen molar-refractivity contribution in [1.29, 1.82) is 0 Å². The van der Waals surface area contributed by atoms with Gasteiger partial charge in [-0.25, -0.2) is 57.9 Å². The van der Waals surface area contributed by atoms with Gasteiger partial charge in [-0.15, -0.1) is 0 Å². The summed E-state index contributed by atoms with van der Waals surface area (Å²) >= 11 is 11.2. The second-order valence-electron chi connectivity index (χ2n) is 27.3. The fourth-order valence-electron chi connectivity index (χ4n) is 11.8. The van der Waals surface area contributed by atoms with E-state index in [1.807, 2.05) is 62.3 Å². The first kappa shape index (κ1) is 78.6. The highest BCUT2D eigenvalue weighted by Gasteiger charge is 2.43. The summed E-state index contributed by atoms with van der Waals surface area (Å²) in [6.07, 6.45) is 8.86. The van der Waals surface area contributed by atoms with Crippen LogP contribution in [0.5, 0.6) is 0 Å². The molecule has 6 atom stereocenters. The number of likely N-dealkylation sites (N-methyl/N-ethyl adjacent to an activating group) is 2. The van der Waals surface area contributed by atoms with Gasteiger partial charge in [-0.05, 0) is 98.7 Å². The van der Waals surface area contributed by atoms with E-state index in [2.05, 4.69) is 30.3 Å². The third-order valence-corrected chi connectivity index (χ3v) is 21.1. The molecule has 5 aromatic rings. The van der Waals surface area contributed by atoms with Gasteiger partial charge in [0.15, 0.2) is 0 Å². The van der Waals surface area contributed by atoms with E-state index in [0.29, 0.717) is 53.8 Å². The number of ether oxygens (including phenoxy) is 2. The number of carbonyl (C=O) groups excluding carboxylic acids is 7. The average Bonchev–Trinajstić information content (AvgIpc) is 1.65. The standard InChI is InChI=1S/C20H24ClFN6O4S.C18H29N5O5S.C17H27N5O5S.C7H3ClFNO/c1-12-9-28-18(11-26(12)20(30)24-13-4-5-16(22)15(21)6-13)17(8-23-28)27-10-14(7-19(27)29)25(2)33(3,31)32;1-12-9-23-15(11-21(12)17(25)28-18(2,3)4)14(8-19-23)22-10-13(7-16(22)24)20(5)29(6,26)27;1-11-8-22-14(10-20(11)16(24)27-17(2,3)4)13(7-18-22)21-9-12(6-15(21)23)19-28(5,25)26;8-6-3-5(10-4-11)1-2-7(6)9/h4-6,8,12,14H,7,9-11H2,1-3H3,(H,24,30);8,12-13H,7,9-11H2,1-6H3;7,11-12,19H,6,8-10H2,1-5H3;1-3H/t12-,14?;12-,13?;11-,12?;/m000./s1. The number of fused-ring (bicyclic) bond motifs is 3. The molecule has 0 saturated carbocycles. The summed E-state index contributed by atoms with van der Waals surface area (Å²) in [5.74, 6) is -1.66. The zero-order chi connectivity index (χ0) is 74.9. The van der Waals surface area contributed by atoms with Crippen LogP contribution < -0.4 is 24.7 Å². The van der Waals surface area contributed by atoms with Gasteiger partial charge >= 0.3 is 18.2 Å². The molecule has 3 fully saturated rings. The highest BCUT2D eigenvalue weighted by molar-refractivity contribution is 7.89. The lowest BCUT2D eigenvalue weighted by atomic mass is 10.2. The molecule has 3 saturated heterocycles. The van der Waals surface area contributed by atoms with Crippen molar-refractivity contribution in [2.75, 3.05) is 72.5 Å². The lowest BCUT2D eigenvalue weighted by Gasteiger charge is -2.36. The summed E-state index contributed by atoms with van der Waals surface area (Å²) in [7, 11) is -7.31. The number of nitrogens with zero attached hydrogens (tertiary/aromatic N) is 15. The van der Waals surface area contributed by atoms with Crippen molar-refractivity contribution in [1.82, 2.24) is 57.4 Å². The molecule has 11 rings (SSSR count). The van der Waals surface area contributed by atoms with Gasteiger partial charge in [0.25, 0.3) is 0 Å². The Balaban J connectivity index is 0.000000179. The second kappa shape index (κ2) is 30.8. The normalized spacial score (nSPS) is 20.8. The van der Waals surface area contributed by atoms with Gasteiger partial charge in [0, 0.05) is 64.7 Å². The molecule has 6 aliphatic rings. The van der Waals surface area contributed by atoms with Crippen LogP contribution in [0.3, 0.4) is 0 Å².